The molecule has 9 nitrogen and oxygen atoms in total. The number of guanidine groups is 1. The van der Waals surface area contributed by atoms with Crippen LogP contribution in [0.3, 0.4) is 0 Å². The maximum Gasteiger partial charge on any atom is 0.275 e. The molecule has 0 bridgehead atoms. The number of carbonyl (C=O) groups is 1. The van der Waals surface area contributed by atoms with E-state index in [9.17, 15) is 17.6 Å². The molecule has 0 aliphatic carbocycles. The number of sulfonamides is 1. The molecular weight excluding hydrogens is 387 g/mol. The smallest absolute Gasteiger partial charge is 0.275 e. The monoisotopic (exact) mass is 409 g/mol. The second-order valence-electron chi connectivity index (χ2n) is 6.40. The van der Waals surface area contributed by atoms with Gasteiger partial charge in [-0.25, -0.2) is 27.1 Å². The summed E-state index contributed by atoms with van der Waals surface area (Å²) in [7, 11) is -2.57. The number of amides is 1. The minimum atomic E-state index is -3.82. The largest absolute Gasteiger partial charge is 0.369 e. The van der Waals surface area contributed by atoms with E-state index in [4.69, 9.17) is 9.85 Å². The Morgan fingerprint density at radius 3 is 2.75 bits per heavy atom. The Morgan fingerprint density at radius 1 is 1.39 bits per heavy atom. The molecule has 1 aliphatic rings. The van der Waals surface area contributed by atoms with Crippen molar-refractivity contribution in [3.63, 3.8) is 0 Å². The number of nitrogens with one attached hydrogen (secondary N) is 1. The lowest BCUT2D eigenvalue weighted by Crippen LogP contribution is -2.50. The van der Waals surface area contributed by atoms with Crippen LogP contribution < -0.4 is 11.1 Å². The van der Waals surface area contributed by atoms with E-state index in [-0.39, 0.29) is 28.6 Å². The van der Waals surface area contributed by atoms with E-state index in [1.54, 1.807) is 0 Å². The van der Waals surface area contributed by atoms with E-state index >= 15 is 0 Å². The lowest BCUT2D eigenvalue weighted by atomic mass is 9.93. The SMILES string of the molecule is [2H]C([2H])([2H])c1cnc(C(=O)Nc2ccc(F)c([C@]3(C)CS(=O)(=O)N(C)C(N)=N3)c2)cn1. The van der Waals surface area contributed by atoms with Gasteiger partial charge >= 0.3 is 0 Å². The minimum Gasteiger partial charge on any atom is -0.369 e. The molecule has 1 aliphatic heterocycles. The second kappa shape index (κ2) is 6.82. The third-order valence-electron chi connectivity index (χ3n) is 4.25. The van der Waals surface area contributed by atoms with Gasteiger partial charge in [0.15, 0.2) is 0 Å². The number of hydrogen-bond acceptors (Lipinski definition) is 7. The molecule has 2 aromatic rings. The molecule has 0 saturated carbocycles. The summed E-state index contributed by atoms with van der Waals surface area (Å²) in [5.41, 5.74) is 3.84. The highest BCUT2D eigenvalue weighted by Gasteiger charge is 2.41. The molecule has 0 fully saturated rings. The second-order valence-corrected chi connectivity index (χ2v) is 8.40. The van der Waals surface area contributed by atoms with Crippen molar-refractivity contribution in [3.05, 3.63) is 53.4 Å². The van der Waals surface area contributed by atoms with Gasteiger partial charge in [-0.1, -0.05) is 0 Å². The Bertz CT molecular complexity index is 1170. The lowest BCUT2D eigenvalue weighted by Gasteiger charge is -2.34. The zero-order valence-corrected chi connectivity index (χ0v) is 15.8. The van der Waals surface area contributed by atoms with Crippen molar-refractivity contribution < 1.29 is 21.7 Å². The summed E-state index contributed by atoms with van der Waals surface area (Å²) in [6, 6.07) is 3.60. The van der Waals surface area contributed by atoms with Crippen LogP contribution in [0.15, 0.2) is 35.6 Å². The molecule has 1 amide bonds. The number of carbonyl (C=O) groups excluding carboxylic acids is 1. The highest BCUT2D eigenvalue weighted by Crippen LogP contribution is 2.34. The number of halogens is 1. The first kappa shape index (κ1) is 15.9. The Hall–Kier alpha value is -3.08. The van der Waals surface area contributed by atoms with Gasteiger partial charge in [0.25, 0.3) is 5.91 Å². The van der Waals surface area contributed by atoms with Gasteiger partial charge in [-0.15, -0.1) is 0 Å². The summed E-state index contributed by atoms with van der Waals surface area (Å²) in [5, 5.41) is 2.49. The summed E-state index contributed by atoms with van der Waals surface area (Å²) in [5.74, 6) is -2.25. The van der Waals surface area contributed by atoms with E-state index in [0.29, 0.717) is 0 Å². The van der Waals surface area contributed by atoms with Gasteiger partial charge in [0.05, 0.1) is 17.6 Å². The molecule has 3 rings (SSSR count). The fourth-order valence-electron chi connectivity index (χ4n) is 2.74. The first-order valence-corrected chi connectivity index (χ1v) is 9.60. The van der Waals surface area contributed by atoms with Crippen molar-refractivity contribution in [2.45, 2.75) is 19.3 Å². The normalized spacial score (nSPS) is 23.2. The predicted molar refractivity (Wildman–Crippen MR) is 102 cm³/mol. The average Bonchev–Trinajstić information content (AvgIpc) is 2.66. The molecule has 1 atom stereocenters. The number of hydrogen-bond donors (Lipinski definition) is 2. The zero-order chi connectivity index (χ0) is 23.2. The van der Waals surface area contributed by atoms with Crippen molar-refractivity contribution >= 4 is 27.6 Å². The number of benzene rings is 1. The van der Waals surface area contributed by atoms with Crippen LogP contribution in [0.1, 0.15) is 32.8 Å². The van der Waals surface area contributed by atoms with E-state index < -0.39 is 39.9 Å². The van der Waals surface area contributed by atoms with Crippen LogP contribution >= 0.6 is 0 Å². The molecule has 0 radical (unpaired) electrons. The summed E-state index contributed by atoms with van der Waals surface area (Å²) in [6.07, 6.45) is 1.98. The first-order valence-electron chi connectivity index (χ1n) is 9.49. The lowest BCUT2D eigenvalue weighted by molar-refractivity contribution is 0.102. The molecule has 2 heterocycles. The number of aromatic nitrogens is 2. The maximum atomic E-state index is 14.6. The Balaban J connectivity index is 1.91. The molecule has 1 aromatic carbocycles. The van der Waals surface area contributed by atoms with Crippen LogP contribution in [0.4, 0.5) is 10.1 Å². The molecule has 11 heteroatoms. The summed E-state index contributed by atoms with van der Waals surface area (Å²) < 4.78 is 61.9. The summed E-state index contributed by atoms with van der Waals surface area (Å²) >= 11 is 0. The summed E-state index contributed by atoms with van der Waals surface area (Å²) in [6.45, 7) is -1.03. The van der Waals surface area contributed by atoms with Crippen molar-refractivity contribution in [2.24, 2.45) is 10.7 Å². The van der Waals surface area contributed by atoms with E-state index in [1.165, 1.54) is 26.1 Å². The van der Waals surface area contributed by atoms with Gasteiger partial charge < -0.3 is 11.1 Å². The van der Waals surface area contributed by atoms with Gasteiger partial charge in [-0.3, -0.25) is 9.78 Å². The van der Waals surface area contributed by atoms with Crippen LogP contribution in [0.5, 0.6) is 0 Å². The van der Waals surface area contributed by atoms with E-state index in [1.807, 2.05) is 0 Å². The number of aryl methyl sites for hydroxylation is 1. The van der Waals surface area contributed by atoms with Gasteiger partial charge in [0.2, 0.25) is 16.0 Å². The van der Waals surface area contributed by atoms with Gasteiger partial charge in [0.1, 0.15) is 17.1 Å². The number of anilines is 1. The third kappa shape index (κ3) is 3.65. The van der Waals surface area contributed by atoms with Gasteiger partial charge in [-0.2, -0.15) is 0 Å². The van der Waals surface area contributed by atoms with Crippen LogP contribution in [-0.4, -0.2) is 47.4 Å². The fourth-order valence-corrected chi connectivity index (χ4v) is 4.19. The number of aliphatic imine (C=N–C) groups is 1. The fraction of sp³-hybridized carbons (Fsp3) is 0.294. The predicted octanol–water partition coefficient (Wildman–Crippen LogP) is 0.982. The zero-order valence-electron chi connectivity index (χ0n) is 18.0. The summed E-state index contributed by atoms with van der Waals surface area (Å²) in [4.78, 5) is 24.1. The molecule has 1 aromatic heterocycles. The van der Waals surface area contributed by atoms with E-state index in [2.05, 4.69) is 20.3 Å². The van der Waals surface area contributed by atoms with E-state index in [0.717, 1.165) is 22.8 Å². The molecule has 3 N–H and O–H groups in total. The highest BCUT2D eigenvalue weighted by molar-refractivity contribution is 7.89. The van der Waals surface area contributed by atoms with Crippen molar-refractivity contribution in [1.82, 2.24) is 14.3 Å². The van der Waals surface area contributed by atoms with Crippen LogP contribution in [0, 0.1) is 12.7 Å². The number of rotatable bonds is 3. The average molecular weight is 409 g/mol. The quantitative estimate of drug-likeness (QED) is 0.777. The highest BCUT2D eigenvalue weighted by atomic mass is 32.2. The van der Waals surface area contributed by atoms with Crippen LogP contribution in [0.25, 0.3) is 0 Å². The molecule has 0 saturated heterocycles. The maximum absolute atomic E-state index is 14.6. The first-order chi connectivity index (χ1) is 14.2. The standard InChI is InChI=1S/C17H19FN6O3S/c1-10-7-21-14(8-20-10)15(25)22-11-4-5-13(18)12(6-11)17(2)9-28(26,27)24(3)16(19)23-17/h4-8H,9H2,1-3H3,(H2,19,23)(H,22,25)/t17-/m0/s1/i1D3. The molecule has 0 spiro atoms. The third-order valence-corrected chi connectivity index (χ3v) is 6.20. The topological polar surface area (TPSA) is 131 Å². The van der Waals surface area contributed by atoms with Gasteiger partial charge in [-0.05, 0) is 32.0 Å². The van der Waals surface area contributed by atoms with Crippen LogP contribution in [-0.2, 0) is 15.6 Å². The minimum absolute atomic E-state index is 0.0752. The van der Waals surface area contributed by atoms with Crippen molar-refractivity contribution in [3.8, 4) is 0 Å². The Morgan fingerprint density at radius 2 is 2.14 bits per heavy atom. The van der Waals surface area contributed by atoms with Crippen molar-refractivity contribution in [1.29, 1.82) is 0 Å². The number of nitrogens with zero attached hydrogens (tertiary/aromatic N) is 4. The molecule has 28 heavy (non-hydrogen) atoms. The van der Waals surface area contributed by atoms with Crippen molar-refractivity contribution in [2.75, 3.05) is 18.1 Å². The molecular formula is C17H19FN6O3S. The Kier molecular flexibility index (Phi) is 3.88. The molecule has 0 unspecified atom stereocenters. The van der Waals surface area contributed by atoms with Gasteiger partial charge in [0, 0.05) is 28.6 Å². The Labute approximate surface area is 165 Å². The molecule has 148 valence electrons. The number of nitrogens with two attached hydrogens (primary N) is 1. The van der Waals surface area contributed by atoms with Crippen LogP contribution in [0.2, 0.25) is 0 Å².